The number of guanidine groups is 1. The van der Waals surface area contributed by atoms with Crippen LogP contribution in [0.5, 0.6) is 0 Å². The molecule has 0 bridgehead atoms. The van der Waals surface area contributed by atoms with Crippen LogP contribution in [0.25, 0.3) is 0 Å². The van der Waals surface area contributed by atoms with Gasteiger partial charge in [-0.1, -0.05) is 25.1 Å². The number of anilines is 1. The molecule has 1 aromatic carbocycles. The van der Waals surface area contributed by atoms with E-state index in [9.17, 15) is 0 Å². The molecule has 2 aliphatic heterocycles. The molecule has 1 aromatic rings. The van der Waals surface area contributed by atoms with E-state index in [2.05, 4.69) is 76.0 Å². The summed E-state index contributed by atoms with van der Waals surface area (Å²) in [5, 5.41) is 3.51. The summed E-state index contributed by atoms with van der Waals surface area (Å²) in [6.07, 6.45) is 0. The second kappa shape index (κ2) is 10.7. The van der Waals surface area contributed by atoms with E-state index in [0.717, 1.165) is 58.3 Å². The minimum absolute atomic E-state index is 0.498. The fourth-order valence-electron chi connectivity index (χ4n) is 4.10. The second-order valence-electron chi connectivity index (χ2n) is 7.82. The molecule has 2 aliphatic rings. The standard InChI is InChI=1S/C22H38N6/c1-4-23-22(24-19-20(3)26-13-11-25(5-2)12-14-26)28-17-15-27(16-18-28)21-9-7-6-8-10-21/h6-10,20H,4-5,11-19H2,1-3H3,(H,23,24). The summed E-state index contributed by atoms with van der Waals surface area (Å²) in [5.74, 6) is 1.08. The van der Waals surface area contributed by atoms with E-state index in [-0.39, 0.29) is 0 Å². The van der Waals surface area contributed by atoms with Crippen molar-refractivity contribution in [1.82, 2.24) is 20.0 Å². The molecule has 0 amide bonds. The molecule has 6 nitrogen and oxygen atoms in total. The molecule has 156 valence electrons. The number of benzene rings is 1. The van der Waals surface area contributed by atoms with Gasteiger partial charge in [-0.2, -0.15) is 0 Å². The van der Waals surface area contributed by atoms with E-state index >= 15 is 0 Å². The van der Waals surface area contributed by atoms with Crippen LogP contribution in [0.1, 0.15) is 20.8 Å². The van der Waals surface area contributed by atoms with Gasteiger partial charge in [0.05, 0.1) is 6.54 Å². The molecule has 0 aromatic heterocycles. The number of likely N-dealkylation sites (N-methyl/N-ethyl adjacent to an activating group) is 1. The molecule has 6 heteroatoms. The summed E-state index contributed by atoms with van der Waals surface area (Å²) < 4.78 is 0. The summed E-state index contributed by atoms with van der Waals surface area (Å²) in [6.45, 7) is 18.5. The number of hydrogen-bond acceptors (Lipinski definition) is 4. The van der Waals surface area contributed by atoms with Crippen molar-refractivity contribution >= 4 is 11.6 Å². The largest absolute Gasteiger partial charge is 0.368 e. The summed E-state index contributed by atoms with van der Waals surface area (Å²) >= 11 is 0. The molecule has 0 spiro atoms. The zero-order valence-corrected chi connectivity index (χ0v) is 18.0. The highest BCUT2D eigenvalue weighted by molar-refractivity contribution is 5.80. The number of aliphatic imine (C=N–C) groups is 1. The first-order valence-electron chi connectivity index (χ1n) is 11.0. The predicted molar refractivity (Wildman–Crippen MR) is 119 cm³/mol. The third-order valence-corrected chi connectivity index (χ3v) is 6.02. The van der Waals surface area contributed by atoms with Crippen LogP contribution in [-0.4, -0.2) is 98.7 Å². The summed E-state index contributed by atoms with van der Waals surface area (Å²) in [6, 6.07) is 11.2. The van der Waals surface area contributed by atoms with Gasteiger partial charge in [0, 0.05) is 70.6 Å². The Morgan fingerprint density at radius 2 is 1.64 bits per heavy atom. The quantitative estimate of drug-likeness (QED) is 0.596. The van der Waals surface area contributed by atoms with Crippen LogP contribution in [0, 0.1) is 0 Å². The molecule has 1 atom stereocenters. The Labute approximate surface area is 171 Å². The highest BCUT2D eigenvalue weighted by Gasteiger charge is 2.22. The predicted octanol–water partition coefficient (Wildman–Crippen LogP) is 1.80. The van der Waals surface area contributed by atoms with E-state index in [1.54, 1.807) is 0 Å². The van der Waals surface area contributed by atoms with Crippen molar-refractivity contribution in [2.45, 2.75) is 26.8 Å². The van der Waals surface area contributed by atoms with Gasteiger partial charge in [0.1, 0.15) is 0 Å². The maximum atomic E-state index is 5.01. The second-order valence-corrected chi connectivity index (χ2v) is 7.82. The fraction of sp³-hybridized carbons (Fsp3) is 0.682. The van der Waals surface area contributed by atoms with Crippen LogP contribution >= 0.6 is 0 Å². The minimum atomic E-state index is 0.498. The first-order valence-corrected chi connectivity index (χ1v) is 11.0. The Kier molecular flexibility index (Phi) is 7.98. The van der Waals surface area contributed by atoms with Gasteiger partial charge in [-0.25, -0.2) is 0 Å². The maximum absolute atomic E-state index is 5.01. The average molecular weight is 387 g/mol. The molecule has 28 heavy (non-hydrogen) atoms. The first kappa shape index (κ1) is 20.9. The third kappa shape index (κ3) is 5.61. The monoisotopic (exact) mass is 386 g/mol. The Bertz CT molecular complexity index is 588. The fourth-order valence-corrected chi connectivity index (χ4v) is 4.10. The normalized spacial score (nSPS) is 21.0. The zero-order chi connectivity index (χ0) is 19.8. The topological polar surface area (TPSA) is 37.4 Å². The lowest BCUT2D eigenvalue weighted by Gasteiger charge is -2.39. The van der Waals surface area contributed by atoms with Crippen molar-refractivity contribution in [2.75, 3.05) is 76.9 Å². The minimum Gasteiger partial charge on any atom is -0.368 e. The van der Waals surface area contributed by atoms with Crippen LogP contribution in [0.15, 0.2) is 35.3 Å². The van der Waals surface area contributed by atoms with Gasteiger partial charge in [-0.05, 0) is 32.5 Å². The van der Waals surface area contributed by atoms with Crippen molar-refractivity contribution in [2.24, 2.45) is 4.99 Å². The number of nitrogens with zero attached hydrogens (tertiary/aromatic N) is 5. The zero-order valence-electron chi connectivity index (χ0n) is 18.0. The molecule has 0 radical (unpaired) electrons. The van der Waals surface area contributed by atoms with Gasteiger partial charge in [-0.15, -0.1) is 0 Å². The average Bonchev–Trinajstić information content (AvgIpc) is 2.77. The van der Waals surface area contributed by atoms with Crippen molar-refractivity contribution < 1.29 is 0 Å². The van der Waals surface area contributed by atoms with E-state index in [0.29, 0.717) is 6.04 Å². The van der Waals surface area contributed by atoms with Crippen LogP contribution in [0.2, 0.25) is 0 Å². The lowest BCUT2D eigenvalue weighted by Crippen LogP contribution is -2.53. The van der Waals surface area contributed by atoms with Crippen molar-refractivity contribution in [1.29, 1.82) is 0 Å². The molecule has 0 saturated carbocycles. The van der Waals surface area contributed by atoms with Crippen molar-refractivity contribution in [3.63, 3.8) is 0 Å². The third-order valence-electron chi connectivity index (χ3n) is 6.02. The van der Waals surface area contributed by atoms with Crippen LogP contribution in [-0.2, 0) is 0 Å². The van der Waals surface area contributed by atoms with Crippen LogP contribution in [0.3, 0.4) is 0 Å². The van der Waals surface area contributed by atoms with Gasteiger partial charge in [0.25, 0.3) is 0 Å². The van der Waals surface area contributed by atoms with E-state index in [1.165, 1.54) is 25.3 Å². The van der Waals surface area contributed by atoms with Gasteiger partial charge >= 0.3 is 0 Å². The van der Waals surface area contributed by atoms with Crippen molar-refractivity contribution in [3.05, 3.63) is 30.3 Å². The van der Waals surface area contributed by atoms with Crippen LogP contribution < -0.4 is 10.2 Å². The highest BCUT2D eigenvalue weighted by atomic mass is 15.4. The van der Waals surface area contributed by atoms with E-state index in [1.807, 2.05) is 0 Å². The lowest BCUT2D eigenvalue weighted by molar-refractivity contribution is 0.109. The smallest absolute Gasteiger partial charge is 0.194 e. The van der Waals surface area contributed by atoms with Crippen LogP contribution in [0.4, 0.5) is 5.69 Å². The maximum Gasteiger partial charge on any atom is 0.194 e. The molecular weight excluding hydrogens is 348 g/mol. The Hall–Kier alpha value is -1.79. The Balaban J connectivity index is 1.51. The molecule has 2 fully saturated rings. The number of piperazine rings is 2. The summed E-state index contributed by atoms with van der Waals surface area (Å²) in [5.41, 5.74) is 1.32. The number of nitrogens with one attached hydrogen (secondary N) is 1. The van der Waals surface area contributed by atoms with Crippen molar-refractivity contribution in [3.8, 4) is 0 Å². The molecule has 2 saturated heterocycles. The number of rotatable bonds is 6. The van der Waals surface area contributed by atoms with Gasteiger partial charge in [0.2, 0.25) is 0 Å². The summed E-state index contributed by atoms with van der Waals surface area (Å²) in [7, 11) is 0. The molecule has 2 heterocycles. The number of hydrogen-bond donors (Lipinski definition) is 1. The Morgan fingerprint density at radius 3 is 2.25 bits per heavy atom. The van der Waals surface area contributed by atoms with Gasteiger partial charge in [-0.3, -0.25) is 9.89 Å². The Morgan fingerprint density at radius 1 is 0.964 bits per heavy atom. The van der Waals surface area contributed by atoms with Gasteiger partial charge < -0.3 is 20.0 Å². The first-order chi connectivity index (χ1) is 13.7. The van der Waals surface area contributed by atoms with Gasteiger partial charge in [0.15, 0.2) is 5.96 Å². The molecular formula is C22H38N6. The molecule has 3 rings (SSSR count). The highest BCUT2D eigenvalue weighted by Crippen LogP contribution is 2.15. The lowest BCUT2D eigenvalue weighted by atomic mass is 10.2. The molecule has 0 aliphatic carbocycles. The summed E-state index contributed by atoms with van der Waals surface area (Å²) in [4.78, 5) is 15.0. The SMILES string of the molecule is CCNC(=NCC(C)N1CCN(CC)CC1)N1CCN(c2ccccc2)CC1. The molecule has 1 N–H and O–H groups in total. The molecule has 1 unspecified atom stereocenters. The number of para-hydroxylation sites is 1. The van der Waals surface area contributed by atoms with E-state index in [4.69, 9.17) is 4.99 Å². The van der Waals surface area contributed by atoms with E-state index < -0.39 is 0 Å².